The number of hydrogen-bond acceptors (Lipinski definition) is 2. The van der Waals surface area contributed by atoms with Crippen LogP contribution in [0.3, 0.4) is 0 Å². The number of carbonyl (C=O) groups is 1. The van der Waals surface area contributed by atoms with Gasteiger partial charge in [-0.15, -0.1) is 0 Å². The van der Waals surface area contributed by atoms with Crippen molar-refractivity contribution in [2.75, 3.05) is 14.1 Å². The Morgan fingerprint density at radius 1 is 1.32 bits per heavy atom. The van der Waals surface area contributed by atoms with Gasteiger partial charge in [-0.25, -0.2) is 9.79 Å². The number of halogens is 1. The maximum Gasteiger partial charge on any atom is 0.345 e. The zero-order chi connectivity index (χ0) is 15.7. The third-order valence-electron chi connectivity index (χ3n) is 3.37. The Balaban J connectivity index is 2.13. The number of allylic oxidation sites excluding steroid dienone is 2. The second-order valence-electron chi connectivity index (χ2n) is 5.21. The summed E-state index contributed by atoms with van der Waals surface area (Å²) in [5.74, 6) is 1.25. The molecule has 0 N–H and O–H groups in total. The highest BCUT2D eigenvalue weighted by Gasteiger charge is 2.21. The molecule has 0 aromatic heterocycles. The number of fused-ring (bicyclic) bond motifs is 2. The summed E-state index contributed by atoms with van der Waals surface area (Å²) in [7, 11) is 3.36. The molecule has 0 fully saturated rings. The summed E-state index contributed by atoms with van der Waals surface area (Å²) in [6.07, 6.45) is 5.99. The van der Waals surface area contributed by atoms with Crippen molar-refractivity contribution in [2.24, 2.45) is 9.98 Å². The Kier molecular flexibility index (Phi) is 4.10. The van der Waals surface area contributed by atoms with E-state index in [2.05, 4.69) is 37.5 Å². The standard InChI is InChI=1S/C16H15IN4O/c1-20(2)16(22)19-15-13-6-4-3-5-11(13)9-21-10-12(17)7-8-14(21)18-15/h3-8,10H,9H2,1-2H3/b19-15-. The first-order valence-electron chi connectivity index (χ1n) is 6.83. The highest BCUT2D eigenvalue weighted by Crippen LogP contribution is 2.23. The summed E-state index contributed by atoms with van der Waals surface area (Å²) in [6, 6.07) is 7.62. The molecular weight excluding hydrogens is 391 g/mol. The Morgan fingerprint density at radius 3 is 2.86 bits per heavy atom. The fourth-order valence-electron chi connectivity index (χ4n) is 2.24. The van der Waals surface area contributed by atoms with E-state index in [4.69, 9.17) is 0 Å². The van der Waals surface area contributed by atoms with E-state index in [0.29, 0.717) is 12.4 Å². The maximum absolute atomic E-state index is 12.0. The molecule has 2 heterocycles. The SMILES string of the molecule is CN(C)C(=O)/N=C1\N=C2C=CC(I)=CN2Cc2ccccc21. The van der Waals surface area contributed by atoms with Crippen molar-refractivity contribution < 1.29 is 4.79 Å². The average Bonchev–Trinajstić information content (AvgIpc) is 2.63. The minimum absolute atomic E-state index is 0.312. The highest BCUT2D eigenvalue weighted by molar-refractivity contribution is 14.1. The summed E-state index contributed by atoms with van der Waals surface area (Å²) in [5.41, 5.74) is 2.00. The maximum atomic E-state index is 12.0. The van der Waals surface area contributed by atoms with Crippen LogP contribution in [0.4, 0.5) is 4.79 Å². The van der Waals surface area contributed by atoms with E-state index in [9.17, 15) is 4.79 Å². The topological polar surface area (TPSA) is 48.3 Å². The molecule has 1 aromatic rings. The van der Waals surface area contributed by atoms with Crippen LogP contribution in [-0.4, -0.2) is 41.6 Å². The van der Waals surface area contributed by atoms with Gasteiger partial charge in [-0.3, -0.25) is 0 Å². The lowest BCUT2D eigenvalue weighted by Gasteiger charge is -2.21. The molecule has 0 atom stereocenters. The summed E-state index contributed by atoms with van der Waals surface area (Å²) >= 11 is 2.28. The Labute approximate surface area is 142 Å². The van der Waals surface area contributed by atoms with Crippen molar-refractivity contribution in [1.29, 1.82) is 0 Å². The van der Waals surface area contributed by atoms with Crippen LogP contribution < -0.4 is 0 Å². The smallest absolute Gasteiger partial charge is 0.329 e. The van der Waals surface area contributed by atoms with Crippen LogP contribution in [-0.2, 0) is 6.54 Å². The normalized spacial score (nSPS) is 18.1. The molecule has 2 amide bonds. The summed E-state index contributed by atoms with van der Waals surface area (Å²) < 4.78 is 1.14. The van der Waals surface area contributed by atoms with E-state index in [0.717, 1.165) is 20.5 Å². The molecule has 0 aliphatic carbocycles. The number of amides is 2. The van der Waals surface area contributed by atoms with Gasteiger partial charge in [-0.1, -0.05) is 24.3 Å². The van der Waals surface area contributed by atoms with E-state index in [-0.39, 0.29) is 6.03 Å². The number of carbonyl (C=O) groups excluding carboxylic acids is 1. The van der Waals surface area contributed by atoms with Crippen LogP contribution >= 0.6 is 22.6 Å². The van der Waals surface area contributed by atoms with Gasteiger partial charge in [0.25, 0.3) is 0 Å². The fourth-order valence-corrected chi connectivity index (χ4v) is 2.76. The molecule has 3 rings (SSSR count). The second-order valence-corrected chi connectivity index (χ2v) is 6.46. The molecular formula is C16H15IN4O. The van der Waals surface area contributed by atoms with Gasteiger partial charge in [0.15, 0.2) is 5.84 Å². The number of nitrogens with zero attached hydrogens (tertiary/aromatic N) is 4. The third-order valence-corrected chi connectivity index (χ3v) is 4.01. The van der Waals surface area contributed by atoms with Gasteiger partial charge in [0.1, 0.15) is 5.84 Å². The predicted octanol–water partition coefficient (Wildman–Crippen LogP) is 3.18. The van der Waals surface area contributed by atoms with E-state index in [1.165, 1.54) is 4.90 Å². The minimum Gasteiger partial charge on any atom is -0.329 e. The first-order chi connectivity index (χ1) is 10.5. The largest absolute Gasteiger partial charge is 0.345 e. The molecule has 0 radical (unpaired) electrons. The lowest BCUT2D eigenvalue weighted by Crippen LogP contribution is -2.25. The Hall–Kier alpha value is -1.96. The van der Waals surface area contributed by atoms with Gasteiger partial charge in [0.2, 0.25) is 0 Å². The molecule has 1 aromatic carbocycles. The van der Waals surface area contributed by atoms with Crippen molar-refractivity contribution >= 4 is 40.3 Å². The third kappa shape index (κ3) is 2.96. The Bertz CT molecular complexity index is 746. The number of urea groups is 1. The van der Waals surface area contributed by atoms with E-state index in [1.54, 1.807) is 14.1 Å². The summed E-state index contributed by atoms with van der Waals surface area (Å²) in [6.45, 7) is 0.709. The van der Waals surface area contributed by atoms with E-state index in [1.807, 2.05) is 42.6 Å². The molecule has 5 nitrogen and oxygen atoms in total. The average molecular weight is 406 g/mol. The quantitative estimate of drug-likeness (QED) is 0.622. The highest BCUT2D eigenvalue weighted by atomic mass is 127. The van der Waals surface area contributed by atoms with Gasteiger partial charge >= 0.3 is 6.03 Å². The van der Waals surface area contributed by atoms with Crippen LogP contribution in [0.1, 0.15) is 11.1 Å². The van der Waals surface area contributed by atoms with Crippen LogP contribution in [0.2, 0.25) is 0 Å². The monoisotopic (exact) mass is 406 g/mol. The van der Waals surface area contributed by atoms with Crippen molar-refractivity contribution in [3.05, 3.63) is 57.3 Å². The van der Waals surface area contributed by atoms with Gasteiger partial charge in [0.05, 0.1) is 0 Å². The molecule has 6 heteroatoms. The molecule has 0 unspecified atom stereocenters. The molecule has 2 aliphatic heterocycles. The molecule has 112 valence electrons. The Morgan fingerprint density at radius 2 is 2.09 bits per heavy atom. The van der Waals surface area contributed by atoms with E-state index < -0.39 is 0 Å². The van der Waals surface area contributed by atoms with E-state index >= 15 is 0 Å². The number of aliphatic imine (C=N–C) groups is 2. The lowest BCUT2D eigenvalue weighted by molar-refractivity contribution is 0.227. The number of benzene rings is 1. The van der Waals surface area contributed by atoms with Crippen LogP contribution in [0.25, 0.3) is 0 Å². The summed E-state index contributed by atoms with van der Waals surface area (Å²) in [5, 5.41) is 0. The van der Waals surface area contributed by atoms with Gasteiger partial charge in [-0.2, -0.15) is 4.99 Å². The van der Waals surface area contributed by atoms with Gasteiger partial charge in [-0.05, 0) is 40.3 Å². The molecule has 22 heavy (non-hydrogen) atoms. The lowest BCUT2D eigenvalue weighted by atomic mass is 10.1. The number of hydrogen-bond donors (Lipinski definition) is 0. The predicted molar refractivity (Wildman–Crippen MR) is 96.3 cm³/mol. The van der Waals surface area contributed by atoms with Gasteiger partial charge < -0.3 is 9.80 Å². The first kappa shape index (κ1) is 15.0. The van der Waals surface area contributed by atoms with Crippen LogP contribution in [0.5, 0.6) is 0 Å². The molecule has 0 saturated carbocycles. The van der Waals surface area contributed by atoms with Crippen molar-refractivity contribution in [3.8, 4) is 0 Å². The zero-order valence-electron chi connectivity index (χ0n) is 12.3. The van der Waals surface area contributed by atoms with Crippen LogP contribution in [0.15, 0.2) is 56.2 Å². The van der Waals surface area contributed by atoms with Crippen LogP contribution in [0, 0.1) is 0 Å². The number of amidine groups is 2. The molecule has 0 saturated heterocycles. The fraction of sp³-hybridized carbons (Fsp3) is 0.188. The van der Waals surface area contributed by atoms with Gasteiger partial charge in [0, 0.05) is 36.0 Å². The molecule has 0 spiro atoms. The molecule has 2 aliphatic rings. The first-order valence-corrected chi connectivity index (χ1v) is 7.91. The van der Waals surface area contributed by atoms with Crippen molar-refractivity contribution in [3.63, 3.8) is 0 Å². The summed E-state index contributed by atoms with van der Waals surface area (Å²) in [4.78, 5) is 24.3. The van der Waals surface area contributed by atoms with Crippen molar-refractivity contribution in [2.45, 2.75) is 6.54 Å². The number of rotatable bonds is 0. The molecule has 0 bridgehead atoms. The zero-order valence-corrected chi connectivity index (χ0v) is 14.5. The minimum atomic E-state index is -0.312. The van der Waals surface area contributed by atoms with Crippen molar-refractivity contribution in [1.82, 2.24) is 9.80 Å². The second kappa shape index (κ2) is 6.04.